The van der Waals surface area contributed by atoms with Gasteiger partial charge >= 0.3 is 0 Å². The normalized spacial score (nSPS) is 19.9. The number of aliphatic imine (C=N–C) groups is 1. The molecule has 5 rings (SSSR count). The summed E-state index contributed by atoms with van der Waals surface area (Å²) in [5.74, 6) is 0.850. The van der Waals surface area contributed by atoms with Crippen LogP contribution in [0.5, 0.6) is 5.75 Å². The smallest absolute Gasteiger partial charge is 0.252 e. The highest BCUT2D eigenvalue weighted by Gasteiger charge is 2.54. The molecule has 0 bridgehead atoms. The van der Waals surface area contributed by atoms with Gasteiger partial charge in [0.15, 0.2) is 11.6 Å². The Morgan fingerprint density at radius 1 is 1.10 bits per heavy atom. The van der Waals surface area contributed by atoms with Gasteiger partial charge in [0.05, 0.1) is 13.2 Å². The summed E-state index contributed by atoms with van der Waals surface area (Å²) in [5.41, 5.74) is 10.9. The molecule has 0 unspecified atom stereocenters. The van der Waals surface area contributed by atoms with Crippen LogP contribution in [-0.2, 0) is 22.5 Å². The van der Waals surface area contributed by atoms with Crippen LogP contribution >= 0.6 is 0 Å². The molecule has 0 radical (unpaired) electrons. The Bertz CT molecular complexity index is 1370. The van der Waals surface area contributed by atoms with Crippen molar-refractivity contribution >= 4 is 11.8 Å². The number of ether oxygens (including phenoxy) is 2. The summed E-state index contributed by atoms with van der Waals surface area (Å²) < 4.78 is 12.3. The predicted molar refractivity (Wildman–Crippen MR) is 147 cm³/mol. The topological polar surface area (TPSA) is 129 Å². The minimum atomic E-state index is -1.28. The highest BCUT2D eigenvalue weighted by Crippen LogP contribution is 2.44. The van der Waals surface area contributed by atoms with E-state index < -0.39 is 11.6 Å². The maximum Gasteiger partial charge on any atom is 0.252 e. The van der Waals surface area contributed by atoms with Crippen molar-refractivity contribution in [2.24, 2.45) is 10.1 Å². The van der Waals surface area contributed by atoms with Gasteiger partial charge in [-0.3, -0.25) is 4.79 Å². The van der Waals surface area contributed by atoms with E-state index in [1.807, 2.05) is 78.9 Å². The SMILES string of the molecule is [N-]=[N+]=NCc1ccccc1[C@H]1OC(c2ccc(OCCCO)cc2)=N[C@@]1(Cc1ccccc1)C(=O)NC1CC1. The summed E-state index contributed by atoms with van der Waals surface area (Å²) in [6, 6.07) is 24.9. The van der Waals surface area contributed by atoms with Crippen LogP contribution in [-0.4, -0.2) is 41.7 Å². The average Bonchev–Trinajstić information content (AvgIpc) is 3.71. The van der Waals surface area contributed by atoms with Crippen molar-refractivity contribution in [2.45, 2.75) is 49.9 Å². The van der Waals surface area contributed by atoms with Gasteiger partial charge in [-0.2, -0.15) is 0 Å². The summed E-state index contributed by atoms with van der Waals surface area (Å²) in [6.07, 6.45) is 2.03. The zero-order valence-electron chi connectivity index (χ0n) is 21.6. The quantitative estimate of drug-likeness (QED) is 0.149. The number of carbonyl (C=O) groups is 1. The van der Waals surface area contributed by atoms with Crippen molar-refractivity contribution in [1.29, 1.82) is 0 Å². The largest absolute Gasteiger partial charge is 0.494 e. The number of carbonyl (C=O) groups excluding carboxylic acids is 1. The third kappa shape index (κ3) is 6.06. The monoisotopic (exact) mass is 525 g/mol. The van der Waals surface area contributed by atoms with E-state index in [1.54, 1.807) is 0 Å². The van der Waals surface area contributed by atoms with Gasteiger partial charge in [-0.25, -0.2) is 4.99 Å². The second-order valence-electron chi connectivity index (χ2n) is 9.79. The van der Waals surface area contributed by atoms with Crippen LogP contribution in [0.25, 0.3) is 10.4 Å². The first kappa shape index (κ1) is 26.3. The molecular formula is C30H31N5O4. The van der Waals surface area contributed by atoms with Gasteiger partial charge in [0.25, 0.3) is 5.91 Å². The maximum atomic E-state index is 14.1. The third-order valence-electron chi connectivity index (χ3n) is 6.90. The average molecular weight is 526 g/mol. The van der Waals surface area contributed by atoms with E-state index in [1.165, 1.54) is 0 Å². The fourth-order valence-corrected chi connectivity index (χ4v) is 4.75. The van der Waals surface area contributed by atoms with E-state index >= 15 is 0 Å². The third-order valence-corrected chi connectivity index (χ3v) is 6.90. The molecule has 200 valence electrons. The van der Waals surface area contributed by atoms with E-state index in [0.29, 0.717) is 31.1 Å². The zero-order valence-corrected chi connectivity index (χ0v) is 21.6. The van der Waals surface area contributed by atoms with Gasteiger partial charge in [0.1, 0.15) is 5.75 Å². The lowest BCUT2D eigenvalue weighted by molar-refractivity contribution is -0.129. The molecule has 0 aromatic heterocycles. The molecule has 3 aromatic carbocycles. The predicted octanol–water partition coefficient (Wildman–Crippen LogP) is 5.04. The number of nitrogens with one attached hydrogen (secondary N) is 1. The van der Waals surface area contributed by atoms with Crippen molar-refractivity contribution < 1.29 is 19.4 Å². The second-order valence-corrected chi connectivity index (χ2v) is 9.79. The fraction of sp³-hybridized carbons (Fsp3) is 0.333. The summed E-state index contributed by atoms with van der Waals surface area (Å²) in [4.78, 5) is 22.1. The first-order valence-electron chi connectivity index (χ1n) is 13.2. The second kappa shape index (κ2) is 12.0. The first-order valence-corrected chi connectivity index (χ1v) is 13.2. The van der Waals surface area contributed by atoms with Crippen LogP contribution < -0.4 is 10.1 Å². The summed E-state index contributed by atoms with van der Waals surface area (Å²) >= 11 is 0. The highest BCUT2D eigenvalue weighted by atomic mass is 16.5. The van der Waals surface area contributed by atoms with Gasteiger partial charge in [-0.05, 0) is 59.3 Å². The Balaban J connectivity index is 1.58. The van der Waals surface area contributed by atoms with Gasteiger partial charge in [-0.1, -0.05) is 59.7 Å². The minimum absolute atomic E-state index is 0.0672. The van der Waals surface area contributed by atoms with Gasteiger partial charge in [0.2, 0.25) is 5.90 Å². The van der Waals surface area contributed by atoms with Crippen molar-refractivity contribution in [3.8, 4) is 5.75 Å². The molecule has 2 aliphatic rings. The number of hydrogen-bond acceptors (Lipinski definition) is 6. The lowest BCUT2D eigenvalue weighted by Gasteiger charge is -2.32. The van der Waals surface area contributed by atoms with Crippen LogP contribution in [0.2, 0.25) is 0 Å². The Morgan fingerprint density at radius 2 is 1.85 bits per heavy atom. The maximum absolute atomic E-state index is 14.1. The molecule has 1 heterocycles. The van der Waals surface area contributed by atoms with E-state index in [9.17, 15) is 4.79 Å². The number of rotatable bonds is 12. The highest BCUT2D eigenvalue weighted by molar-refractivity contribution is 6.01. The van der Waals surface area contributed by atoms with Gasteiger partial charge in [-0.15, -0.1) is 0 Å². The number of aliphatic hydroxyl groups is 1. The van der Waals surface area contributed by atoms with Crippen LogP contribution in [0.1, 0.15) is 47.6 Å². The van der Waals surface area contributed by atoms with Crippen molar-refractivity contribution in [1.82, 2.24) is 5.32 Å². The lowest BCUT2D eigenvalue weighted by Crippen LogP contribution is -2.50. The number of hydrogen-bond donors (Lipinski definition) is 2. The van der Waals surface area contributed by atoms with Gasteiger partial charge in [0, 0.05) is 36.0 Å². The molecule has 2 N–H and O–H groups in total. The summed E-state index contributed by atoms with van der Waals surface area (Å²) in [5, 5.41) is 16.0. The molecular weight excluding hydrogens is 494 g/mol. The molecule has 0 spiro atoms. The van der Waals surface area contributed by atoms with Crippen molar-refractivity contribution in [3.05, 3.63) is 112 Å². The molecule has 3 aromatic rings. The van der Waals surface area contributed by atoms with E-state index in [2.05, 4.69) is 15.3 Å². The molecule has 9 nitrogen and oxygen atoms in total. The Hall–Kier alpha value is -4.33. The number of azide groups is 1. The fourth-order valence-electron chi connectivity index (χ4n) is 4.75. The summed E-state index contributed by atoms with van der Waals surface area (Å²) in [7, 11) is 0. The molecule has 1 aliphatic heterocycles. The van der Waals surface area contributed by atoms with Crippen LogP contribution in [0, 0.1) is 0 Å². The van der Waals surface area contributed by atoms with Crippen molar-refractivity contribution in [2.75, 3.05) is 13.2 Å². The molecule has 1 aliphatic carbocycles. The van der Waals surface area contributed by atoms with E-state index in [-0.39, 0.29) is 25.1 Å². The molecule has 1 fully saturated rings. The lowest BCUT2D eigenvalue weighted by atomic mass is 9.80. The Labute approximate surface area is 227 Å². The molecule has 39 heavy (non-hydrogen) atoms. The van der Waals surface area contributed by atoms with E-state index in [0.717, 1.165) is 35.1 Å². The van der Waals surface area contributed by atoms with Crippen LogP contribution in [0.15, 0.2) is 89.0 Å². The Kier molecular flexibility index (Phi) is 8.10. The van der Waals surface area contributed by atoms with E-state index in [4.69, 9.17) is 25.1 Å². The molecule has 1 amide bonds. The summed E-state index contributed by atoms with van der Waals surface area (Å²) in [6.45, 7) is 0.615. The molecule has 2 atom stereocenters. The molecule has 1 saturated carbocycles. The minimum Gasteiger partial charge on any atom is -0.494 e. The number of amides is 1. The number of aliphatic hydroxyl groups excluding tert-OH is 1. The molecule has 9 heteroatoms. The van der Waals surface area contributed by atoms with Gasteiger partial charge < -0.3 is 19.9 Å². The van der Waals surface area contributed by atoms with Crippen molar-refractivity contribution in [3.63, 3.8) is 0 Å². The molecule has 0 saturated heterocycles. The van der Waals surface area contributed by atoms with Crippen LogP contribution in [0.4, 0.5) is 0 Å². The number of benzene rings is 3. The first-order chi connectivity index (χ1) is 19.1. The van der Waals surface area contributed by atoms with Crippen LogP contribution in [0.3, 0.4) is 0 Å². The number of nitrogens with zero attached hydrogens (tertiary/aromatic N) is 4. The standard InChI is InChI=1S/C30H31N5O4/c31-35-32-20-23-9-4-5-10-26(23)27-30(29(37)33-24-13-14-24,19-21-7-2-1-3-8-21)34-28(39-27)22-11-15-25(16-12-22)38-18-6-17-36/h1-5,7-12,15-16,24,27,36H,6,13-14,17-20H2,(H,33,37)/t27-,30-/m1/s1. The Morgan fingerprint density at radius 3 is 2.56 bits per heavy atom. The zero-order chi connectivity index (χ0) is 27.1.